The number of aromatic amines is 1. The molecule has 1 aromatic rings. The van der Waals surface area contributed by atoms with Crippen LogP contribution < -0.4 is 0 Å². The van der Waals surface area contributed by atoms with Crippen LogP contribution in [0.4, 0.5) is 0 Å². The number of esters is 1. The SMILES string of the molecule is COC(=O)c1cnc(CC2CCCCC2)[nH]1. The Morgan fingerprint density at radius 3 is 2.94 bits per heavy atom. The van der Waals surface area contributed by atoms with Gasteiger partial charge in [-0.15, -0.1) is 0 Å². The third-order valence-electron chi connectivity index (χ3n) is 3.24. The van der Waals surface area contributed by atoms with Crippen molar-refractivity contribution in [3.8, 4) is 0 Å². The molecule has 1 aliphatic rings. The minimum atomic E-state index is -0.345. The predicted octanol–water partition coefficient (Wildman–Crippen LogP) is 2.32. The molecule has 16 heavy (non-hydrogen) atoms. The van der Waals surface area contributed by atoms with Gasteiger partial charge in [-0.1, -0.05) is 32.1 Å². The Morgan fingerprint density at radius 2 is 2.25 bits per heavy atom. The lowest BCUT2D eigenvalue weighted by Crippen LogP contribution is -2.10. The van der Waals surface area contributed by atoms with E-state index in [2.05, 4.69) is 14.7 Å². The zero-order chi connectivity index (χ0) is 11.4. The Morgan fingerprint density at radius 1 is 1.50 bits per heavy atom. The zero-order valence-corrected chi connectivity index (χ0v) is 9.66. The van der Waals surface area contributed by atoms with Gasteiger partial charge in [0.05, 0.1) is 13.3 Å². The van der Waals surface area contributed by atoms with Crippen LogP contribution in [-0.4, -0.2) is 23.0 Å². The molecule has 0 aromatic carbocycles. The van der Waals surface area contributed by atoms with Crippen LogP contribution in [0.1, 0.15) is 48.4 Å². The third-order valence-corrected chi connectivity index (χ3v) is 3.24. The van der Waals surface area contributed by atoms with Gasteiger partial charge in [-0.25, -0.2) is 9.78 Å². The van der Waals surface area contributed by atoms with E-state index in [1.54, 1.807) is 6.20 Å². The number of nitrogens with zero attached hydrogens (tertiary/aromatic N) is 1. The lowest BCUT2D eigenvalue weighted by atomic mass is 9.87. The van der Waals surface area contributed by atoms with Crippen LogP contribution in [0.5, 0.6) is 0 Å². The number of carbonyl (C=O) groups excluding carboxylic acids is 1. The number of rotatable bonds is 3. The van der Waals surface area contributed by atoms with Crippen molar-refractivity contribution in [1.82, 2.24) is 9.97 Å². The monoisotopic (exact) mass is 222 g/mol. The fraction of sp³-hybridized carbons (Fsp3) is 0.667. The summed E-state index contributed by atoms with van der Waals surface area (Å²) in [6, 6.07) is 0. The standard InChI is InChI=1S/C12H18N2O2/c1-16-12(15)10-8-13-11(14-10)7-9-5-3-2-4-6-9/h8-9H,2-7H2,1H3,(H,13,14). The fourth-order valence-electron chi connectivity index (χ4n) is 2.34. The number of hydrogen-bond acceptors (Lipinski definition) is 3. The van der Waals surface area contributed by atoms with Crippen molar-refractivity contribution in [2.75, 3.05) is 7.11 Å². The molecule has 0 spiro atoms. The summed E-state index contributed by atoms with van der Waals surface area (Å²) in [4.78, 5) is 18.5. The van der Waals surface area contributed by atoms with Gasteiger partial charge in [0, 0.05) is 6.42 Å². The van der Waals surface area contributed by atoms with E-state index in [4.69, 9.17) is 0 Å². The highest BCUT2D eigenvalue weighted by molar-refractivity contribution is 5.86. The molecule has 0 amide bonds. The molecule has 0 unspecified atom stereocenters. The second kappa shape index (κ2) is 5.14. The molecule has 0 bridgehead atoms. The van der Waals surface area contributed by atoms with Crippen molar-refractivity contribution in [3.63, 3.8) is 0 Å². The van der Waals surface area contributed by atoms with E-state index in [0.717, 1.165) is 18.2 Å². The van der Waals surface area contributed by atoms with Crippen molar-refractivity contribution in [2.45, 2.75) is 38.5 Å². The molecule has 1 N–H and O–H groups in total. The van der Waals surface area contributed by atoms with Gasteiger partial charge in [0.1, 0.15) is 11.5 Å². The highest BCUT2D eigenvalue weighted by Gasteiger charge is 2.16. The molecular formula is C12H18N2O2. The van der Waals surface area contributed by atoms with Crippen LogP contribution in [0.2, 0.25) is 0 Å². The second-order valence-electron chi connectivity index (χ2n) is 4.44. The molecule has 4 heteroatoms. The highest BCUT2D eigenvalue weighted by atomic mass is 16.5. The van der Waals surface area contributed by atoms with Crippen LogP contribution in [0, 0.1) is 5.92 Å². The quantitative estimate of drug-likeness (QED) is 0.798. The summed E-state index contributed by atoms with van der Waals surface area (Å²) in [5, 5.41) is 0. The molecule has 1 aliphatic carbocycles. The number of ether oxygens (including phenoxy) is 1. The third kappa shape index (κ3) is 2.62. The number of hydrogen-bond donors (Lipinski definition) is 1. The molecule has 1 aromatic heterocycles. The Bertz CT molecular complexity index is 354. The van der Waals surface area contributed by atoms with Crippen LogP contribution in [0.3, 0.4) is 0 Å². The van der Waals surface area contributed by atoms with Crippen LogP contribution in [0.15, 0.2) is 6.20 Å². The highest BCUT2D eigenvalue weighted by Crippen LogP contribution is 2.25. The topological polar surface area (TPSA) is 55.0 Å². The molecule has 0 atom stereocenters. The van der Waals surface area contributed by atoms with Gasteiger partial charge < -0.3 is 9.72 Å². The maximum Gasteiger partial charge on any atom is 0.356 e. The molecule has 0 radical (unpaired) electrons. The number of methoxy groups -OCH3 is 1. The van der Waals surface area contributed by atoms with E-state index in [9.17, 15) is 4.79 Å². The van der Waals surface area contributed by atoms with E-state index in [1.807, 2.05) is 0 Å². The van der Waals surface area contributed by atoms with Gasteiger partial charge in [0.2, 0.25) is 0 Å². The van der Waals surface area contributed by atoms with Crippen molar-refractivity contribution in [2.24, 2.45) is 5.92 Å². The molecular weight excluding hydrogens is 204 g/mol. The summed E-state index contributed by atoms with van der Waals surface area (Å²) >= 11 is 0. The maximum atomic E-state index is 11.2. The summed E-state index contributed by atoms with van der Waals surface area (Å²) in [6.45, 7) is 0. The van der Waals surface area contributed by atoms with E-state index < -0.39 is 0 Å². The molecule has 0 saturated heterocycles. The number of aromatic nitrogens is 2. The Kier molecular flexibility index (Phi) is 3.59. The first-order chi connectivity index (χ1) is 7.79. The van der Waals surface area contributed by atoms with Gasteiger partial charge >= 0.3 is 5.97 Å². The van der Waals surface area contributed by atoms with E-state index >= 15 is 0 Å². The van der Waals surface area contributed by atoms with Crippen molar-refractivity contribution in [1.29, 1.82) is 0 Å². The Labute approximate surface area is 95.4 Å². The first-order valence-corrected chi connectivity index (χ1v) is 5.92. The van der Waals surface area contributed by atoms with E-state index in [0.29, 0.717) is 5.69 Å². The molecule has 88 valence electrons. The summed E-state index contributed by atoms with van der Waals surface area (Å²) < 4.78 is 4.63. The van der Waals surface area contributed by atoms with Gasteiger partial charge in [-0.05, 0) is 5.92 Å². The molecule has 1 heterocycles. The fourth-order valence-corrected chi connectivity index (χ4v) is 2.34. The van der Waals surface area contributed by atoms with Gasteiger partial charge in [-0.2, -0.15) is 0 Å². The summed E-state index contributed by atoms with van der Waals surface area (Å²) in [5.41, 5.74) is 0.452. The Hall–Kier alpha value is -1.32. The van der Waals surface area contributed by atoms with Crippen LogP contribution in [0.25, 0.3) is 0 Å². The van der Waals surface area contributed by atoms with E-state index in [1.165, 1.54) is 39.2 Å². The molecule has 2 rings (SSSR count). The van der Waals surface area contributed by atoms with Crippen molar-refractivity contribution >= 4 is 5.97 Å². The predicted molar refractivity (Wildman–Crippen MR) is 60.2 cm³/mol. The smallest absolute Gasteiger partial charge is 0.356 e. The average molecular weight is 222 g/mol. The van der Waals surface area contributed by atoms with E-state index in [-0.39, 0.29) is 5.97 Å². The molecule has 0 aliphatic heterocycles. The minimum Gasteiger partial charge on any atom is -0.464 e. The molecule has 4 nitrogen and oxygen atoms in total. The van der Waals surface area contributed by atoms with Crippen molar-refractivity contribution in [3.05, 3.63) is 17.7 Å². The number of carbonyl (C=O) groups is 1. The summed E-state index contributed by atoms with van der Waals surface area (Å²) in [5.74, 6) is 1.29. The Balaban J connectivity index is 1.94. The minimum absolute atomic E-state index is 0.345. The zero-order valence-electron chi connectivity index (χ0n) is 9.66. The lowest BCUT2D eigenvalue weighted by molar-refractivity contribution is 0.0594. The van der Waals surface area contributed by atoms with Crippen molar-refractivity contribution < 1.29 is 9.53 Å². The normalized spacial score (nSPS) is 17.3. The number of imidazole rings is 1. The van der Waals surface area contributed by atoms with Gasteiger partial charge in [0.25, 0.3) is 0 Å². The first kappa shape index (κ1) is 11.2. The second-order valence-corrected chi connectivity index (χ2v) is 4.44. The largest absolute Gasteiger partial charge is 0.464 e. The molecule has 1 fully saturated rings. The summed E-state index contributed by atoms with van der Waals surface area (Å²) in [6.07, 6.45) is 9.11. The first-order valence-electron chi connectivity index (χ1n) is 5.92. The van der Waals surface area contributed by atoms with Gasteiger partial charge in [0.15, 0.2) is 0 Å². The maximum absolute atomic E-state index is 11.2. The number of H-pyrrole nitrogens is 1. The number of nitrogens with one attached hydrogen (secondary N) is 1. The van der Waals surface area contributed by atoms with Crippen LogP contribution in [-0.2, 0) is 11.2 Å². The summed E-state index contributed by atoms with van der Waals surface area (Å²) in [7, 11) is 1.38. The average Bonchev–Trinajstić information content (AvgIpc) is 2.78. The van der Waals surface area contributed by atoms with Crippen LogP contribution >= 0.6 is 0 Å². The van der Waals surface area contributed by atoms with Gasteiger partial charge in [-0.3, -0.25) is 0 Å². The lowest BCUT2D eigenvalue weighted by Gasteiger charge is -2.20. The molecule has 1 saturated carbocycles.